The van der Waals surface area contributed by atoms with Crippen molar-refractivity contribution in [2.75, 3.05) is 10.6 Å². The van der Waals surface area contributed by atoms with Crippen LogP contribution >= 0.6 is 0 Å². The van der Waals surface area contributed by atoms with Gasteiger partial charge in [-0.2, -0.15) is 0 Å². The predicted octanol–water partition coefficient (Wildman–Crippen LogP) is 4.57. The van der Waals surface area contributed by atoms with Crippen molar-refractivity contribution in [3.05, 3.63) is 72.8 Å². The molecule has 2 aromatic heterocycles. The number of anilines is 2. The smallest absolute Gasteiger partial charge is 0.308 e. The summed E-state index contributed by atoms with van der Waals surface area (Å²) < 4.78 is 13.0. The monoisotopic (exact) mass is 332 g/mol. The first-order valence-electron chi connectivity index (χ1n) is 7.67. The van der Waals surface area contributed by atoms with E-state index in [0.717, 1.165) is 16.3 Å². The number of amides is 2. The van der Waals surface area contributed by atoms with Gasteiger partial charge in [-0.3, -0.25) is 9.97 Å². The number of hydrogen-bond acceptors (Lipinski definition) is 3. The van der Waals surface area contributed by atoms with Crippen LogP contribution in [-0.4, -0.2) is 16.0 Å². The third kappa shape index (κ3) is 2.97. The molecule has 0 saturated carbocycles. The third-order valence-corrected chi connectivity index (χ3v) is 3.81. The Kier molecular flexibility index (Phi) is 3.70. The fraction of sp³-hybridized carbons (Fsp3) is 0. The van der Waals surface area contributed by atoms with Crippen LogP contribution in [0.25, 0.3) is 21.8 Å². The lowest BCUT2D eigenvalue weighted by atomic mass is 10.1. The fourth-order valence-electron chi connectivity index (χ4n) is 2.71. The Morgan fingerprint density at radius 1 is 0.880 bits per heavy atom. The van der Waals surface area contributed by atoms with Gasteiger partial charge in [0.1, 0.15) is 5.82 Å². The van der Waals surface area contributed by atoms with Crippen molar-refractivity contribution < 1.29 is 9.18 Å². The van der Waals surface area contributed by atoms with Gasteiger partial charge in [0.2, 0.25) is 0 Å². The van der Waals surface area contributed by atoms with Crippen molar-refractivity contribution in [1.29, 1.82) is 0 Å². The topological polar surface area (TPSA) is 66.9 Å². The van der Waals surface area contributed by atoms with Crippen LogP contribution in [0.4, 0.5) is 20.6 Å². The Balaban J connectivity index is 1.70. The van der Waals surface area contributed by atoms with Crippen molar-refractivity contribution >= 4 is 39.2 Å². The largest absolute Gasteiger partial charge is 0.323 e. The number of fused-ring (bicyclic) bond motifs is 3. The summed E-state index contributed by atoms with van der Waals surface area (Å²) in [5.74, 6) is -0.358. The van der Waals surface area contributed by atoms with Crippen molar-refractivity contribution in [3.63, 3.8) is 0 Å². The molecule has 0 fully saturated rings. The van der Waals surface area contributed by atoms with E-state index in [9.17, 15) is 9.18 Å². The maximum Gasteiger partial charge on any atom is 0.323 e. The van der Waals surface area contributed by atoms with Crippen LogP contribution in [0.3, 0.4) is 0 Å². The number of carbonyl (C=O) groups is 1. The minimum atomic E-state index is -0.429. The summed E-state index contributed by atoms with van der Waals surface area (Å²) in [6.45, 7) is 0. The summed E-state index contributed by atoms with van der Waals surface area (Å²) in [6, 6.07) is 14.5. The van der Waals surface area contributed by atoms with Gasteiger partial charge in [0.15, 0.2) is 0 Å². The van der Waals surface area contributed by atoms with E-state index < -0.39 is 6.03 Å². The molecular formula is C19H13FN4O. The van der Waals surface area contributed by atoms with Gasteiger partial charge in [0.05, 0.1) is 16.7 Å². The molecule has 0 saturated heterocycles. The number of carbonyl (C=O) groups excluding carboxylic acids is 1. The zero-order chi connectivity index (χ0) is 17.2. The Bertz CT molecular complexity index is 1080. The van der Waals surface area contributed by atoms with Gasteiger partial charge in [-0.1, -0.05) is 6.07 Å². The van der Waals surface area contributed by atoms with E-state index in [1.807, 2.05) is 30.3 Å². The van der Waals surface area contributed by atoms with Gasteiger partial charge >= 0.3 is 6.03 Å². The average molecular weight is 332 g/mol. The number of pyridine rings is 2. The van der Waals surface area contributed by atoms with Crippen LogP contribution in [-0.2, 0) is 0 Å². The standard InChI is InChI=1S/C19H13FN4O/c20-13-5-7-14(8-6-13)23-19(25)24-16-11-12-3-1-9-21-17(12)15-4-2-10-22-18(15)16/h1-11H,(H2,23,24,25). The van der Waals surface area contributed by atoms with E-state index >= 15 is 0 Å². The van der Waals surface area contributed by atoms with Gasteiger partial charge in [0.25, 0.3) is 0 Å². The molecule has 0 bridgehead atoms. The third-order valence-electron chi connectivity index (χ3n) is 3.81. The number of aromatic nitrogens is 2. The van der Waals surface area contributed by atoms with Gasteiger partial charge in [-0.15, -0.1) is 0 Å². The quantitative estimate of drug-likeness (QED) is 0.529. The highest BCUT2D eigenvalue weighted by molar-refractivity contribution is 6.13. The first-order valence-corrected chi connectivity index (χ1v) is 7.67. The Morgan fingerprint density at radius 3 is 2.40 bits per heavy atom. The molecule has 5 nitrogen and oxygen atoms in total. The molecule has 0 unspecified atom stereocenters. The zero-order valence-corrected chi connectivity index (χ0v) is 13.0. The highest BCUT2D eigenvalue weighted by atomic mass is 19.1. The van der Waals surface area contributed by atoms with E-state index in [-0.39, 0.29) is 5.82 Å². The Hall–Kier alpha value is -3.54. The van der Waals surface area contributed by atoms with E-state index in [1.54, 1.807) is 12.4 Å². The number of halogens is 1. The molecule has 2 aromatic carbocycles. The highest BCUT2D eigenvalue weighted by Gasteiger charge is 2.11. The van der Waals surface area contributed by atoms with Crippen LogP contribution in [0, 0.1) is 5.82 Å². The molecule has 2 amide bonds. The van der Waals surface area contributed by atoms with Crippen LogP contribution < -0.4 is 10.6 Å². The molecule has 2 N–H and O–H groups in total. The van der Waals surface area contributed by atoms with E-state index in [2.05, 4.69) is 20.6 Å². The SMILES string of the molecule is O=C(Nc1ccc(F)cc1)Nc1cc2cccnc2c2cccnc12. The Morgan fingerprint density at radius 2 is 1.60 bits per heavy atom. The molecule has 0 spiro atoms. The molecule has 25 heavy (non-hydrogen) atoms. The van der Waals surface area contributed by atoms with Crippen molar-refractivity contribution in [3.8, 4) is 0 Å². The minimum absolute atomic E-state index is 0.358. The molecule has 0 aliphatic heterocycles. The number of hydrogen-bond donors (Lipinski definition) is 2. The molecule has 6 heteroatoms. The molecule has 4 aromatic rings. The number of rotatable bonds is 2. The van der Waals surface area contributed by atoms with E-state index in [1.165, 1.54) is 24.3 Å². The van der Waals surface area contributed by atoms with Crippen LogP contribution in [0.15, 0.2) is 67.0 Å². The molecule has 122 valence electrons. The lowest BCUT2D eigenvalue weighted by Crippen LogP contribution is -2.19. The number of nitrogens with one attached hydrogen (secondary N) is 2. The van der Waals surface area contributed by atoms with Crippen molar-refractivity contribution in [1.82, 2.24) is 9.97 Å². The number of nitrogens with zero attached hydrogens (tertiary/aromatic N) is 2. The summed E-state index contributed by atoms with van der Waals surface area (Å²) in [4.78, 5) is 21.1. The van der Waals surface area contributed by atoms with Gasteiger partial charge in [0, 0.05) is 28.9 Å². The maximum absolute atomic E-state index is 13.0. The molecule has 0 radical (unpaired) electrons. The lowest BCUT2D eigenvalue weighted by Gasteiger charge is -2.11. The average Bonchev–Trinajstić information content (AvgIpc) is 2.64. The van der Waals surface area contributed by atoms with Gasteiger partial charge < -0.3 is 10.6 Å². The van der Waals surface area contributed by atoms with Gasteiger partial charge in [-0.25, -0.2) is 9.18 Å². The summed E-state index contributed by atoms with van der Waals surface area (Å²) in [5.41, 5.74) is 2.56. The van der Waals surface area contributed by atoms with E-state index in [0.29, 0.717) is 16.9 Å². The lowest BCUT2D eigenvalue weighted by molar-refractivity contribution is 0.262. The van der Waals surface area contributed by atoms with Crippen molar-refractivity contribution in [2.24, 2.45) is 0 Å². The van der Waals surface area contributed by atoms with E-state index in [4.69, 9.17) is 0 Å². The number of benzene rings is 2. The van der Waals surface area contributed by atoms with Gasteiger partial charge in [-0.05, 0) is 48.5 Å². The predicted molar refractivity (Wildman–Crippen MR) is 96.1 cm³/mol. The van der Waals surface area contributed by atoms with Crippen LogP contribution in [0.5, 0.6) is 0 Å². The zero-order valence-electron chi connectivity index (χ0n) is 13.0. The van der Waals surface area contributed by atoms with Crippen LogP contribution in [0.1, 0.15) is 0 Å². The minimum Gasteiger partial charge on any atom is -0.308 e. The molecule has 0 atom stereocenters. The second-order valence-corrected chi connectivity index (χ2v) is 5.48. The molecular weight excluding hydrogens is 319 g/mol. The normalized spacial score (nSPS) is 10.8. The summed E-state index contributed by atoms with van der Waals surface area (Å²) in [5, 5.41) is 7.24. The molecule has 0 aliphatic carbocycles. The molecule has 2 heterocycles. The Labute approximate surface area is 142 Å². The molecule has 0 aliphatic rings. The highest BCUT2D eigenvalue weighted by Crippen LogP contribution is 2.29. The second-order valence-electron chi connectivity index (χ2n) is 5.48. The second kappa shape index (κ2) is 6.16. The summed E-state index contributed by atoms with van der Waals surface area (Å²) >= 11 is 0. The van der Waals surface area contributed by atoms with Crippen LogP contribution in [0.2, 0.25) is 0 Å². The first-order chi connectivity index (χ1) is 12.2. The fourth-order valence-corrected chi connectivity index (χ4v) is 2.71. The summed E-state index contributed by atoms with van der Waals surface area (Å²) in [6.07, 6.45) is 3.39. The maximum atomic E-state index is 13.0. The summed E-state index contributed by atoms with van der Waals surface area (Å²) in [7, 11) is 0. The molecule has 4 rings (SSSR count). The van der Waals surface area contributed by atoms with Crippen molar-refractivity contribution in [2.45, 2.75) is 0 Å². The first kappa shape index (κ1) is 15.0. The number of urea groups is 1.